The van der Waals surface area contributed by atoms with Crippen LogP contribution < -0.4 is 21.5 Å². The minimum Gasteiger partial charge on any atom is -0.508 e. The number of nitrogens with two attached hydrogens (primary N) is 2. The van der Waals surface area contributed by atoms with Crippen LogP contribution in [-0.4, -0.2) is 38.1 Å². The molecule has 10 nitrogen and oxygen atoms in total. The zero-order valence-electron chi connectivity index (χ0n) is 15.8. The normalized spacial score (nSPS) is 15.5. The number of rotatable bonds is 3. The number of anilines is 2. The minimum absolute atomic E-state index is 0.0475. The van der Waals surface area contributed by atoms with E-state index in [-0.39, 0.29) is 29.3 Å². The van der Waals surface area contributed by atoms with Crippen LogP contribution in [0.3, 0.4) is 0 Å². The molecule has 1 amide bonds. The first-order valence-corrected chi connectivity index (χ1v) is 8.81. The molecule has 2 aromatic heterocycles. The van der Waals surface area contributed by atoms with Gasteiger partial charge >= 0.3 is 0 Å². The number of aromatic hydroxyl groups is 1. The summed E-state index contributed by atoms with van der Waals surface area (Å²) < 4.78 is 5.15. The van der Waals surface area contributed by atoms with E-state index in [0.717, 1.165) is 5.56 Å². The molecule has 0 bridgehead atoms. The number of amides is 1. The van der Waals surface area contributed by atoms with Crippen LogP contribution in [0.15, 0.2) is 24.4 Å². The number of nitrogens with zero attached hydrogens (tertiary/aromatic N) is 4. The van der Waals surface area contributed by atoms with E-state index >= 15 is 0 Å². The van der Waals surface area contributed by atoms with Gasteiger partial charge < -0.3 is 26.6 Å². The van der Waals surface area contributed by atoms with Crippen molar-refractivity contribution in [1.82, 2.24) is 25.3 Å². The molecule has 0 spiro atoms. The van der Waals surface area contributed by atoms with Gasteiger partial charge in [0.05, 0.1) is 42.0 Å². The van der Waals surface area contributed by atoms with Gasteiger partial charge in [-0.25, -0.2) is 19.9 Å². The summed E-state index contributed by atoms with van der Waals surface area (Å²) in [4.78, 5) is 29.5. The van der Waals surface area contributed by atoms with Gasteiger partial charge in [-0.3, -0.25) is 4.79 Å². The summed E-state index contributed by atoms with van der Waals surface area (Å²) >= 11 is 0. The van der Waals surface area contributed by atoms with E-state index in [9.17, 15) is 9.90 Å². The molecule has 4 rings (SSSR count). The summed E-state index contributed by atoms with van der Waals surface area (Å²) in [6.07, 6.45) is 1.89. The number of nitrogens with one attached hydrogen (secondary N) is 1. The fourth-order valence-electron chi connectivity index (χ4n) is 3.49. The average molecular weight is 393 g/mol. The smallest absolute Gasteiger partial charge is 0.257 e. The highest BCUT2D eigenvalue weighted by atomic mass is 16.5. The van der Waals surface area contributed by atoms with E-state index in [1.54, 1.807) is 25.1 Å². The van der Waals surface area contributed by atoms with E-state index < -0.39 is 6.04 Å². The molecule has 10 heteroatoms. The summed E-state index contributed by atoms with van der Waals surface area (Å²) in [6, 6.07) is 4.41. The first-order valence-electron chi connectivity index (χ1n) is 8.81. The number of ether oxygens (including phenoxy) is 1. The molecule has 0 radical (unpaired) electrons. The molecule has 0 saturated heterocycles. The van der Waals surface area contributed by atoms with Gasteiger partial charge in [0.15, 0.2) is 5.82 Å². The molecule has 0 unspecified atom stereocenters. The van der Waals surface area contributed by atoms with Gasteiger partial charge in [-0.1, -0.05) is 6.07 Å². The summed E-state index contributed by atoms with van der Waals surface area (Å²) in [5, 5.41) is 13.0. The van der Waals surface area contributed by atoms with Gasteiger partial charge in [0, 0.05) is 12.0 Å². The zero-order valence-corrected chi connectivity index (χ0v) is 15.8. The van der Waals surface area contributed by atoms with E-state index in [1.165, 1.54) is 13.3 Å². The zero-order chi connectivity index (χ0) is 20.7. The Hall–Kier alpha value is -3.95. The number of nitrogen functional groups attached to an aromatic ring is 2. The molecule has 3 aromatic rings. The van der Waals surface area contributed by atoms with E-state index in [0.29, 0.717) is 34.6 Å². The third-order valence-corrected chi connectivity index (χ3v) is 4.76. The second-order valence-electron chi connectivity index (χ2n) is 6.64. The van der Waals surface area contributed by atoms with E-state index in [1.807, 2.05) is 0 Å². The second kappa shape index (κ2) is 6.89. The molecule has 0 fully saturated rings. The van der Waals surface area contributed by atoms with Crippen molar-refractivity contribution >= 4 is 17.7 Å². The Morgan fingerprint density at radius 3 is 2.79 bits per heavy atom. The largest absolute Gasteiger partial charge is 0.508 e. The third-order valence-electron chi connectivity index (χ3n) is 4.76. The predicted molar refractivity (Wildman–Crippen MR) is 105 cm³/mol. The number of phenols is 1. The van der Waals surface area contributed by atoms with E-state index in [4.69, 9.17) is 16.2 Å². The highest BCUT2D eigenvalue weighted by Gasteiger charge is 2.30. The summed E-state index contributed by atoms with van der Waals surface area (Å²) in [7, 11) is 1.44. The monoisotopic (exact) mass is 393 g/mol. The van der Waals surface area contributed by atoms with Crippen LogP contribution in [0.2, 0.25) is 0 Å². The van der Waals surface area contributed by atoms with Crippen LogP contribution in [-0.2, 0) is 6.42 Å². The summed E-state index contributed by atoms with van der Waals surface area (Å²) in [6.45, 7) is 1.72. The number of fused-ring (bicyclic) bond motifs is 1. The molecule has 1 aliphatic rings. The fraction of sp³-hybridized carbons (Fsp3) is 0.211. The molecule has 3 heterocycles. The summed E-state index contributed by atoms with van der Waals surface area (Å²) in [5.41, 5.74) is 14.8. The first-order chi connectivity index (χ1) is 13.9. The van der Waals surface area contributed by atoms with Gasteiger partial charge in [0.1, 0.15) is 5.75 Å². The van der Waals surface area contributed by atoms with Gasteiger partial charge in [0.25, 0.3) is 11.8 Å². The van der Waals surface area contributed by atoms with Crippen LogP contribution in [0.4, 0.5) is 11.8 Å². The van der Waals surface area contributed by atoms with Crippen LogP contribution in [0.1, 0.15) is 33.4 Å². The maximum absolute atomic E-state index is 12.7. The molecule has 0 aliphatic carbocycles. The van der Waals surface area contributed by atoms with Crippen LogP contribution in [0, 0.1) is 6.92 Å². The van der Waals surface area contributed by atoms with Gasteiger partial charge in [0.2, 0.25) is 5.95 Å². The molecule has 6 N–H and O–H groups in total. The van der Waals surface area contributed by atoms with Crippen LogP contribution >= 0.6 is 0 Å². The third kappa shape index (κ3) is 3.24. The molecular weight excluding hydrogens is 374 g/mol. The van der Waals surface area contributed by atoms with Crippen LogP contribution in [0.5, 0.6) is 11.6 Å². The van der Waals surface area contributed by atoms with E-state index in [2.05, 4.69) is 25.3 Å². The number of hydrogen-bond acceptors (Lipinski definition) is 9. The number of aromatic nitrogens is 4. The fourth-order valence-corrected chi connectivity index (χ4v) is 3.49. The van der Waals surface area contributed by atoms with Gasteiger partial charge in [-0.2, -0.15) is 0 Å². The Morgan fingerprint density at radius 2 is 2.03 bits per heavy atom. The molecule has 1 atom stereocenters. The van der Waals surface area contributed by atoms with Crippen molar-refractivity contribution in [1.29, 1.82) is 0 Å². The molecule has 29 heavy (non-hydrogen) atoms. The lowest BCUT2D eigenvalue weighted by atomic mass is 9.90. The number of phenolic OH excluding ortho intramolecular Hbond substituents is 1. The standard InChI is InChI=1S/C19H19N7O3/c1-8-15-13(26-19(21)23-8)6-12(24-17(15)28)10-4-3-9(27)5-11(10)14-7-22-16(20)18(25-14)29-2/h3-5,7,12,27H,6H2,1-2H3,(H2,20,22)(H,24,28)(H2,21,23,26)/t12-/m1/s1. The van der Waals surface area contributed by atoms with Crippen molar-refractivity contribution in [3.05, 3.63) is 46.9 Å². The Kier molecular flexibility index (Phi) is 4.38. The number of hydrogen-bond donors (Lipinski definition) is 4. The lowest BCUT2D eigenvalue weighted by molar-refractivity contribution is 0.0922. The number of carbonyl (C=O) groups is 1. The van der Waals surface area contributed by atoms with Crippen molar-refractivity contribution in [2.45, 2.75) is 19.4 Å². The van der Waals surface area contributed by atoms with Crippen molar-refractivity contribution in [3.8, 4) is 22.9 Å². The van der Waals surface area contributed by atoms with Gasteiger partial charge in [-0.15, -0.1) is 0 Å². The molecule has 1 aliphatic heterocycles. The van der Waals surface area contributed by atoms with Crippen molar-refractivity contribution in [3.63, 3.8) is 0 Å². The average Bonchev–Trinajstić information content (AvgIpc) is 2.67. The highest BCUT2D eigenvalue weighted by molar-refractivity contribution is 5.98. The van der Waals surface area contributed by atoms with Crippen LogP contribution in [0.25, 0.3) is 11.3 Å². The summed E-state index contributed by atoms with van der Waals surface area (Å²) in [5.74, 6) is 0.210. The molecule has 1 aromatic carbocycles. The maximum Gasteiger partial charge on any atom is 0.257 e. The maximum atomic E-state index is 12.7. The second-order valence-corrected chi connectivity index (χ2v) is 6.64. The quantitative estimate of drug-likeness (QED) is 0.511. The molecule has 0 saturated carbocycles. The Labute approximate surface area is 166 Å². The van der Waals surface area contributed by atoms with Crippen molar-refractivity contribution in [2.75, 3.05) is 18.6 Å². The first kappa shape index (κ1) is 18.4. The van der Waals surface area contributed by atoms with Crippen molar-refractivity contribution in [2.24, 2.45) is 0 Å². The lowest BCUT2D eigenvalue weighted by Crippen LogP contribution is -2.37. The number of aryl methyl sites for hydroxylation is 1. The number of benzene rings is 1. The SMILES string of the molecule is COc1nc(-c2cc(O)ccc2[C@H]2Cc3nc(N)nc(C)c3C(=O)N2)cnc1N. The highest BCUT2D eigenvalue weighted by Crippen LogP contribution is 2.35. The van der Waals surface area contributed by atoms with Gasteiger partial charge in [-0.05, 0) is 24.6 Å². The van der Waals surface area contributed by atoms with Crippen molar-refractivity contribution < 1.29 is 14.6 Å². The number of carbonyl (C=O) groups excluding carboxylic acids is 1. The Balaban J connectivity index is 1.82. The molecule has 148 valence electrons. The minimum atomic E-state index is -0.412. The Bertz CT molecular complexity index is 1130. The molecular formula is C19H19N7O3. The lowest BCUT2D eigenvalue weighted by Gasteiger charge is -2.27. The Morgan fingerprint density at radius 1 is 1.24 bits per heavy atom. The number of methoxy groups -OCH3 is 1. The predicted octanol–water partition coefficient (Wildman–Crippen LogP) is 1.15. The topological polar surface area (TPSA) is 162 Å².